The van der Waals surface area contributed by atoms with Crippen molar-refractivity contribution in [2.45, 2.75) is 12.5 Å². The van der Waals surface area contributed by atoms with Gasteiger partial charge in [-0.25, -0.2) is 0 Å². The molecule has 3 N–H and O–H groups in total. The summed E-state index contributed by atoms with van der Waals surface area (Å²) in [6.07, 6.45) is 0.334. The highest BCUT2D eigenvalue weighted by atomic mass is 16.1. The Morgan fingerprint density at radius 2 is 2.08 bits per heavy atom. The van der Waals surface area contributed by atoms with Crippen LogP contribution in [0.15, 0.2) is 30.3 Å². The lowest BCUT2D eigenvalue weighted by atomic mass is 10.0. The van der Waals surface area contributed by atoms with Crippen molar-refractivity contribution in [3.8, 4) is 0 Å². The molecule has 0 radical (unpaired) electrons. The van der Waals surface area contributed by atoms with Crippen molar-refractivity contribution < 1.29 is 4.79 Å². The Labute approximate surface area is 77.9 Å². The van der Waals surface area contributed by atoms with Crippen molar-refractivity contribution in [2.24, 2.45) is 5.73 Å². The molecule has 0 fully saturated rings. The molecule has 3 heteroatoms. The summed E-state index contributed by atoms with van der Waals surface area (Å²) in [5.41, 5.74) is 6.80. The fraction of sp³-hybridized carbons (Fsp3) is 0.300. The zero-order valence-corrected chi connectivity index (χ0v) is 7.66. The number of rotatable bonds is 3. The number of nitrogens with two attached hydrogens (primary N) is 1. The van der Waals surface area contributed by atoms with Gasteiger partial charge in [-0.05, 0) is 5.56 Å². The van der Waals surface area contributed by atoms with E-state index in [-0.39, 0.29) is 11.9 Å². The first kappa shape index (κ1) is 9.74. The predicted molar refractivity (Wildman–Crippen MR) is 52.1 cm³/mol. The Bertz CT molecular complexity index is 272. The molecular weight excluding hydrogens is 164 g/mol. The van der Waals surface area contributed by atoms with Crippen LogP contribution in [0.2, 0.25) is 0 Å². The van der Waals surface area contributed by atoms with E-state index < -0.39 is 0 Å². The first-order valence-electron chi connectivity index (χ1n) is 4.25. The van der Waals surface area contributed by atoms with Gasteiger partial charge in [-0.15, -0.1) is 0 Å². The summed E-state index contributed by atoms with van der Waals surface area (Å²) in [6, 6.07) is 9.40. The fourth-order valence-corrected chi connectivity index (χ4v) is 1.12. The third-order valence-corrected chi connectivity index (χ3v) is 1.91. The molecule has 1 rings (SSSR count). The molecule has 1 unspecified atom stereocenters. The number of hydrogen-bond donors (Lipinski definition) is 2. The average Bonchev–Trinajstić information content (AvgIpc) is 2.19. The highest BCUT2D eigenvalue weighted by Crippen LogP contribution is 2.12. The van der Waals surface area contributed by atoms with Crippen LogP contribution in [0.25, 0.3) is 0 Å². The summed E-state index contributed by atoms with van der Waals surface area (Å²) in [6.45, 7) is 0. The summed E-state index contributed by atoms with van der Waals surface area (Å²) in [5, 5.41) is 2.55. The molecule has 0 bridgehead atoms. The minimum absolute atomic E-state index is 0.0312. The minimum Gasteiger partial charge on any atom is -0.359 e. The molecule has 1 aromatic carbocycles. The Hall–Kier alpha value is -1.35. The highest BCUT2D eigenvalue weighted by molar-refractivity contribution is 5.76. The number of benzene rings is 1. The lowest BCUT2D eigenvalue weighted by Gasteiger charge is -2.10. The maximum absolute atomic E-state index is 11.0. The van der Waals surface area contributed by atoms with Crippen LogP contribution in [0.3, 0.4) is 0 Å². The number of hydrogen-bond acceptors (Lipinski definition) is 2. The topological polar surface area (TPSA) is 55.1 Å². The summed E-state index contributed by atoms with van der Waals surface area (Å²) in [4.78, 5) is 11.0. The molecule has 3 nitrogen and oxygen atoms in total. The van der Waals surface area contributed by atoms with Gasteiger partial charge in [-0.2, -0.15) is 0 Å². The normalized spacial score (nSPS) is 12.2. The molecule has 0 aliphatic heterocycles. The molecule has 0 spiro atoms. The van der Waals surface area contributed by atoms with E-state index in [1.54, 1.807) is 7.05 Å². The van der Waals surface area contributed by atoms with Crippen LogP contribution in [0.5, 0.6) is 0 Å². The first-order chi connectivity index (χ1) is 6.24. The van der Waals surface area contributed by atoms with E-state index in [2.05, 4.69) is 5.32 Å². The number of carbonyl (C=O) groups excluding carboxylic acids is 1. The van der Waals surface area contributed by atoms with Crippen molar-refractivity contribution in [2.75, 3.05) is 7.05 Å². The number of carbonyl (C=O) groups is 1. The number of amides is 1. The monoisotopic (exact) mass is 178 g/mol. The van der Waals surface area contributed by atoms with Gasteiger partial charge in [0.25, 0.3) is 0 Å². The van der Waals surface area contributed by atoms with E-state index in [1.165, 1.54) is 0 Å². The van der Waals surface area contributed by atoms with Crippen LogP contribution in [0, 0.1) is 0 Å². The second-order valence-corrected chi connectivity index (χ2v) is 2.89. The van der Waals surface area contributed by atoms with Gasteiger partial charge in [0.2, 0.25) is 5.91 Å². The molecule has 0 aliphatic rings. The molecule has 1 atom stereocenters. The zero-order valence-electron chi connectivity index (χ0n) is 7.66. The van der Waals surface area contributed by atoms with Gasteiger partial charge in [-0.3, -0.25) is 4.79 Å². The van der Waals surface area contributed by atoms with Crippen molar-refractivity contribution in [1.29, 1.82) is 0 Å². The summed E-state index contributed by atoms with van der Waals surface area (Å²) < 4.78 is 0. The lowest BCUT2D eigenvalue weighted by molar-refractivity contribution is -0.120. The fourth-order valence-electron chi connectivity index (χ4n) is 1.12. The van der Waals surface area contributed by atoms with Crippen LogP contribution in [0.4, 0.5) is 0 Å². The Balaban J connectivity index is 2.59. The van der Waals surface area contributed by atoms with E-state index in [0.29, 0.717) is 6.42 Å². The van der Waals surface area contributed by atoms with Crippen molar-refractivity contribution in [3.05, 3.63) is 35.9 Å². The van der Waals surface area contributed by atoms with Gasteiger partial charge in [0, 0.05) is 19.5 Å². The molecule has 0 saturated heterocycles. The van der Waals surface area contributed by atoms with Crippen LogP contribution in [-0.4, -0.2) is 13.0 Å². The standard InChI is InChI=1S/C10H14N2O/c1-12-10(13)7-9(11)8-5-3-2-4-6-8/h2-6,9H,7,11H2,1H3,(H,12,13). The second kappa shape index (κ2) is 4.62. The van der Waals surface area contributed by atoms with Crippen LogP contribution < -0.4 is 11.1 Å². The maximum atomic E-state index is 11.0. The van der Waals surface area contributed by atoms with Crippen LogP contribution in [-0.2, 0) is 4.79 Å². The van der Waals surface area contributed by atoms with E-state index in [0.717, 1.165) is 5.56 Å². The van der Waals surface area contributed by atoms with E-state index in [1.807, 2.05) is 30.3 Å². The molecule has 0 heterocycles. The van der Waals surface area contributed by atoms with E-state index in [9.17, 15) is 4.79 Å². The summed E-state index contributed by atoms with van der Waals surface area (Å²) >= 11 is 0. The molecule has 1 aromatic rings. The second-order valence-electron chi connectivity index (χ2n) is 2.89. The largest absolute Gasteiger partial charge is 0.359 e. The van der Waals surface area contributed by atoms with Crippen molar-refractivity contribution in [1.82, 2.24) is 5.32 Å². The minimum atomic E-state index is -0.207. The number of nitrogens with one attached hydrogen (secondary N) is 1. The maximum Gasteiger partial charge on any atom is 0.221 e. The van der Waals surface area contributed by atoms with E-state index >= 15 is 0 Å². The van der Waals surface area contributed by atoms with E-state index in [4.69, 9.17) is 5.73 Å². The van der Waals surface area contributed by atoms with Crippen molar-refractivity contribution >= 4 is 5.91 Å². The average molecular weight is 178 g/mol. The molecule has 13 heavy (non-hydrogen) atoms. The van der Waals surface area contributed by atoms with Gasteiger partial charge in [0.1, 0.15) is 0 Å². The lowest BCUT2D eigenvalue weighted by Crippen LogP contribution is -2.24. The first-order valence-corrected chi connectivity index (χ1v) is 4.25. The Morgan fingerprint density at radius 1 is 1.46 bits per heavy atom. The van der Waals surface area contributed by atoms with Crippen LogP contribution >= 0.6 is 0 Å². The Morgan fingerprint density at radius 3 is 2.62 bits per heavy atom. The third kappa shape index (κ3) is 2.87. The van der Waals surface area contributed by atoms with Gasteiger partial charge in [0.15, 0.2) is 0 Å². The smallest absolute Gasteiger partial charge is 0.221 e. The van der Waals surface area contributed by atoms with Crippen molar-refractivity contribution in [3.63, 3.8) is 0 Å². The van der Waals surface area contributed by atoms with Crippen LogP contribution in [0.1, 0.15) is 18.0 Å². The zero-order chi connectivity index (χ0) is 9.68. The summed E-state index contributed by atoms with van der Waals surface area (Å²) in [7, 11) is 1.61. The van der Waals surface area contributed by atoms with Gasteiger partial charge in [0.05, 0.1) is 0 Å². The van der Waals surface area contributed by atoms with Gasteiger partial charge < -0.3 is 11.1 Å². The third-order valence-electron chi connectivity index (χ3n) is 1.91. The molecule has 0 saturated carbocycles. The molecule has 70 valence electrons. The molecule has 1 amide bonds. The summed E-state index contributed by atoms with van der Waals surface area (Å²) in [5.74, 6) is -0.0312. The van der Waals surface area contributed by atoms with Gasteiger partial charge >= 0.3 is 0 Å². The quantitative estimate of drug-likeness (QED) is 0.720. The molecule has 0 aliphatic carbocycles. The SMILES string of the molecule is CNC(=O)CC(N)c1ccccc1. The van der Waals surface area contributed by atoms with Gasteiger partial charge in [-0.1, -0.05) is 30.3 Å². The Kier molecular flexibility index (Phi) is 3.46. The molecule has 0 aromatic heterocycles. The predicted octanol–water partition coefficient (Wildman–Crippen LogP) is 0.822. The highest BCUT2D eigenvalue weighted by Gasteiger charge is 2.09. The molecular formula is C10H14N2O.